The zero-order valence-corrected chi connectivity index (χ0v) is 9.85. The summed E-state index contributed by atoms with van der Waals surface area (Å²) in [6.07, 6.45) is 2.99. The van der Waals surface area contributed by atoms with E-state index in [-0.39, 0.29) is 18.6 Å². The molecule has 6 nitrogen and oxygen atoms in total. The van der Waals surface area contributed by atoms with Crippen LogP contribution in [0.3, 0.4) is 0 Å². The van der Waals surface area contributed by atoms with E-state index >= 15 is 0 Å². The number of piperidine rings is 1. The minimum Gasteiger partial charge on any atom is -0.377 e. The number of carbonyl (C=O) groups is 2. The van der Waals surface area contributed by atoms with Gasteiger partial charge >= 0.3 is 0 Å². The first-order valence-electron chi connectivity index (χ1n) is 6.11. The molecule has 2 heterocycles. The molecule has 2 fully saturated rings. The molecular weight excluding hydrogens is 222 g/mol. The van der Waals surface area contributed by atoms with Crippen LogP contribution in [0, 0.1) is 0 Å². The summed E-state index contributed by atoms with van der Waals surface area (Å²) in [4.78, 5) is 25.1. The summed E-state index contributed by atoms with van der Waals surface area (Å²) in [7, 11) is 0. The lowest BCUT2D eigenvalue weighted by molar-refractivity contribution is -0.149. The number of hydrogen-bond donors (Lipinski definition) is 2. The molecule has 2 amide bonds. The lowest BCUT2D eigenvalue weighted by atomic mass is 10.0. The molecule has 2 saturated heterocycles. The first kappa shape index (κ1) is 12.3. The molecule has 1 unspecified atom stereocenters. The van der Waals surface area contributed by atoms with E-state index in [1.807, 2.05) is 0 Å². The van der Waals surface area contributed by atoms with Crippen LogP contribution >= 0.6 is 0 Å². The Labute approximate surface area is 100 Å². The number of nitrogens with zero attached hydrogens (tertiary/aromatic N) is 1. The first-order valence-corrected chi connectivity index (χ1v) is 6.11. The maximum atomic E-state index is 12.3. The van der Waals surface area contributed by atoms with E-state index in [1.165, 1.54) is 0 Å². The number of rotatable bonds is 2. The molecule has 17 heavy (non-hydrogen) atoms. The Bertz CT molecular complexity index is 302. The molecule has 0 aromatic rings. The molecule has 0 aliphatic carbocycles. The zero-order chi connectivity index (χ0) is 12.3. The van der Waals surface area contributed by atoms with Crippen LogP contribution < -0.4 is 11.1 Å². The predicted octanol–water partition coefficient (Wildman–Crippen LogP) is -1.16. The zero-order valence-electron chi connectivity index (χ0n) is 9.85. The molecule has 3 N–H and O–H groups in total. The summed E-state index contributed by atoms with van der Waals surface area (Å²) in [6, 6.07) is -0.774. The van der Waals surface area contributed by atoms with Gasteiger partial charge < -0.3 is 20.7 Å². The van der Waals surface area contributed by atoms with E-state index in [2.05, 4.69) is 5.32 Å². The maximum absolute atomic E-state index is 12.3. The molecule has 2 aliphatic heterocycles. The fourth-order valence-electron chi connectivity index (χ4n) is 2.37. The van der Waals surface area contributed by atoms with Gasteiger partial charge in [0, 0.05) is 6.54 Å². The third-order valence-corrected chi connectivity index (χ3v) is 3.35. The highest BCUT2D eigenvalue weighted by Crippen LogP contribution is 2.14. The highest BCUT2D eigenvalue weighted by Gasteiger charge is 2.35. The smallest absolute Gasteiger partial charge is 0.242 e. The van der Waals surface area contributed by atoms with Crippen LogP contribution in [0.4, 0.5) is 0 Å². The quantitative estimate of drug-likeness (QED) is 0.639. The molecule has 0 radical (unpaired) electrons. The van der Waals surface area contributed by atoms with Crippen molar-refractivity contribution < 1.29 is 14.3 Å². The number of primary amides is 1. The van der Waals surface area contributed by atoms with Crippen molar-refractivity contribution >= 4 is 11.8 Å². The average molecular weight is 241 g/mol. The van der Waals surface area contributed by atoms with Crippen LogP contribution in [0.2, 0.25) is 0 Å². The van der Waals surface area contributed by atoms with E-state index in [9.17, 15) is 9.59 Å². The fraction of sp³-hybridized carbons (Fsp3) is 0.818. The lowest BCUT2D eigenvalue weighted by Gasteiger charge is -2.37. The number of nitrogens with two attached hydrogens (primary N) is 1. The summed E-state index contributed by atoms with van der Waals surface area (Å²) in [5.74, 6) is -0.509. The molecule has 6 heteroatoms. The van der Waals surface area contributed by atoms with Gasteiger partial charge in [0.25, 0.3) is 0 Å². The van der Waals surface area contributed by atoms with Gasteiger partial charge in [0.1, 0.15) is 6.04 Å². The number of morpholine rings is 1. The SMILES string of the molecule is NC(=O)C1COCCN1C(=O)[C@@H]1CCCCN1. The van der Waals surface area contributed by atoms with Gasteiger partial charge in [-0.3, -0.25) is 9.59 Å². The van der Waals surface area contributed by atoms with Gasteiger partial charge in [0.05, 0.1) is 19.3 Å². The van der Waals surface area contributed by atoms with Crippen molar-refractivity contribution in [2.75, 3.05) is 26.3 Å². The van der Waals surface area contributed by atoms with Crippen molar-refractivity contribution in [1.29, 1.82) is 0 Å². The fourth-order valence-corrected chi connectivity index (χ4v) is 2.37. The third kappa shape index (κ3) is 2.76. The van der Waals surface area contributed by atoms with Crippen LogP contribution in [0.1, 0.15) is 19.3 Å². The topological polar surface area (TPSA) is 84.7 Å². The van der Waals surface area contributed by atoms with E-state index in [4.69, 9.17) is 10.5 Å². The summed E-state index contributed by atoms with van der Waals surface area (Å²) in [6.45, 7) is 2.00. The van der Waals surface area contributed by atoms with E-state index in [0.717, 1.165) is 25.8 Å². The van der Waals surface area contributed by atoms with Gasteiger partial charge in [-0.1, -0.05) is 6.42 Å². The van der Waals surface area contributed by atoms with Crippen LogP contribution in [0.25, 0.3) is 0 Å². The van der Waals surface area contributed by atoms with Gasteiger partial charge in [-0.15, -0.1) is 0 Å². The van der Waals surface area contributed by atoms with Crippen LogP contribution in [-0.2, 0) is 14.3 Å². The largest absolute Gasteiger partial charge is 0.377 e. The van der Waals surface area contributed by atoms with Crippen molar-refractivity contribution in [3.8, 4) is 0 Å². The van der Waals surface area contributed by atoms with E-state index in [0.29, 0.717) is 13.2 Å². The normalized spacial score (nSPS) is 30.0. The van der Waals surface area contributed by atoms with E-state index in [1.54, 1.807) is 4.90 Å². The second-order valence-electron chi connectivity index (χ2n) is 4.53. The Balaban J connectivity index is 2.02. The minimum atomic E-state index is -0.611. The molecule has 0 aromatic heterocycles. The predicted molar refractivity (Wildman–Crippen MR) is 61.2 cm³/mol. The van der Waals surface area contributed by atoms with Gasteiger partial charge in [-0.05, 0) is 19.4 Å². The Morgan fingerprint density at radius 3 is 2.82 bits per heavy atom. The van der Waals surface area contributed by atoms with Crippen molar-refractivity contribution in [2.24, 2.45) is 5.73 Å². The Morgan fingerprint density at radius 2 is 2.18 bits per heavy atom. The van der Waals surface area contributed by atoms with Gasteiger partial charge in [-0.2, -0.15) is 0 Å². The summed E-state index contributed by atoms with van der Waals surface area (Å²) in [5, 5.41) is 3.19. The lowest BCUT2D eigenvalue weighted by Crippen LogP contribution is -2.59. The number of ether oxygens (including phenoxy) is 1. The molecular formula is C11H19N3O3. The van der Waals surface area contributed by atoms with Crippen LogP contribution in [0.5, 0.6) is 0 Å². The molecule has 0 spiro atoms. The van der Waals surface area contributed by atoms with Crippen LogP contribution in [-0.4, -0.2) is 55.1 Å². The monoisotopic (exact) mass is 241 g/mol. The van der Waals surface area contributed by atoms with E-state index < -0.39 is 11.9 Å². The second-order valence-corrected chi connectivity index (χ2v) is 4.53. The number of carbonyl (C=O) groups excluding carboxylic acids is 2. The third-order valence-electron chi connectivity index (χ3n) is 3.35. The highest BCUT2D eigenvalue weighted by molar-refractivity contribution is 5.89. The van der Waals surface area contributed by atoms with Crippen LogP contribution in [0.15, 0.2) is 0 Å². The summed E-state index contributed by atoms with van der Waals surface area (Å²) in [5.41, 5.74) is 5.29. The molecule has 0 aromatic carbocycles. The van der Waals surface area contributed by atoms with Crippen molar-refractivity contribution in [3.63, 3.8) is 0 Å². The molecule has 2 rings (SSSR count). The van der Waals surface area contributed by atoms with Gasteiger partial charge in [0.2, 0.25) is 11.8 Å². The second kappa shape index (κ2) is 5.46. The van der Waals surface area contributed by atoms with Crippen molar-refractivity contribution in [3.05, 3.63) is 0 Å². The van der Waals surface area contributed by atoms with Crippen molar-refractivity contribution in [1.82, 2.24) is 10.2 Å². The van der Waals surface area contributed by atoms with Gasteiger partial charge in [-0.25, -0.2) is 0 Å². The number of amides is 2. The molecule has 96 valence electrons. The Kier molecular flexibility index (Phi) is 3.96. The standard InChI is InChI=1S/C11H19N3O3/c12-10(15)9-7-17-6-5-14(9)11(16)8-3-1-2-4-13-8/h8-9,13H,1-7H2,(H2,12,15)/t8-,9?/m0/s1. The number of hydrogen-bond acceptors (Lipinski definition) is 4. The molecule has 0 bridgehead atoms. The maximum Gasteiger partial charge on any atom is 0.242 e. The summed E-state index contributed by atoms with van der Waals surface area (Å²) < 4.78 is 5.20. The molecule has 0 saturated carbocycles. The van der Waals surface area contributed by atoms with Gasteiger partial charge in [0.15, 0.2) is 0 Å². The van der Waals surface area contributed by atoms with Crippen molar-refractivity contribution in [2.45, 2.75) is 31.3 Å². The first-order chi connectivity index (χ1) is 8.20. The average Bonchev–Trinajstić information content (AvgIpc) is 2.39. The number of nitrogens with one attached hydrogen (secondary N) is 1. The molecule has 2 atom stereocenters. The Morgan fingerprint density at radius 1 is 1.35 bits per heavy atom. The summed E-state index contributed by atoms with van der Waals surface area (Å²) >= 11 is 0. The minimum absolute atomic E-state index is 0.0169. The highest BCUT2D eigenvalue weighted by atomic mass is 16.5. The molecule has 2 aliphatic rings. The Hall–Kier alpha value is -1.14.